The summed E-state index contributed by atoms with van der Waals surface area (Å²) in [5.74, 6) is -0.357. The van der Waals surface area contributed by atoms with Gasteiger partial charge in [-0.25, -0.2) is 9.37 Å². The minimum Gasteiger partial charge on any atom is -0.304 e. The van der Waals surface area contributed by atoms with Gasteiger partial charge in [0.2, 0.25) is 0 Å². The lowest BCUT2D eigenvalue weighted by Gasteiger charge is -2.03. The zero-order valence-corrected chi connectivity index (χ0v) is 8.63. The van der Waals surface area contributed by atoms with E-state index in [2.05, 4.69) is 17.6 Å². The standard InChI is InChI=1S/C9H6ClFN2S/c10-7-3-6(11)1-2-8(7)13-4-9(14)12-5-13/h1-5,14H. The van der Waals surface area contributed by atoms with Gasteiger partial charge in [0.25, 0.3) is 0 Å². The van der Waals surface area contributed by atoms with Crippen LogP contribution in [-0.2, 0) is 0 Å². The molecule has 1 heterocycles. The van der Waals surface area contributed by atoms with Gasteiger partial charge in [0.05, 0.1) is 10.7 Å². The predicted molar refractivity (Wildman–Crippen MR) is 55.8 cm³/mol. The lowest BCUT2D eigenvalue weighted by atomic mass is 10.3. The van der Waals surface area contributed by atoms with Crippen molar-refractivity contribution in [3.05, 3.63) is 41.6 Å². The molecule has 5 heteroatoms. The molecule has 2 nitrogen and oxygen atoms in total. The molecular weight excluding hydrogens is 223 g/mol. The molecule has 2 rings (SSSR count). The van der Waals surface area contributed by atoms with E-state index in [0.717, 1.165) is 0 Å². The highest BCUT2D eigenvalue weighted by Crippen LogP contribution is 2.21. The summed E-state index contributed by atoms with van der Waals surface area (Å²) in [7, 11) is 0. The molecule has 0 unspecified atom stereocenters. The lowest BCUT2D eigenvalue weighted by Crippen LogP contribution is -1.91. The van der Waals surface area contributed by atoms with Crippen LogP contribution in [0.2, 0.25) is 5.02 Å². The summed E-state index contributed by atoms with van der Waals surface area (Å²) in [5.41, 5.74) is 0.681. The number of hydrogen-bond acceptors (Lipinski definition) is 2. The largest absolute Gasteiger partial charge is 0.304 e. The van der Waals surface area contributed by atoms with Crippen molar-refractivity contribution in [2.45, 2.75) is 5.03 Å². The van der Waals surface area contributed by atoms with Gasteiger partial charge >= 0.3 is 0 Å². The van der Waals surface area contributed by atoms with E-state index in [1.165, 1.54) is 12.1 Å². The Morgan fingerprint density at radius 1 is 1.43 bits per heavy atom. The fourth-order valence-corrected chi connectivity index (χ4v) is 1.58. The number of thiol groups is 1. The van der Waals surface area contributed by atoms with E-state index in [0.29, 0.717) is 15.7 Å². The number of imidazole rings is 1. The molecule has 0 fully saturated rings. The number of rotatable bonds is 1. The molecule has 0 bridgehead atoms. The number of nitrogens with zero attached hydrogens (tertiary/aromatic N) is 2. The summed E-state index contributed by atoms with van der Waals surface area (Å²) in [4.78, 5) is 3.93. The van der Waals surface area contributed by atoms with Gasteiger partial charge in [0, 0.05) is 6.20 Å². The Labute approximate surface area is 90.8 Å². The van der Waals surface area contributed by atoms with E-state index in [4.69, 9.17) is 11.6 Å². The molecule has 0 saturated heterocycles. The molecule has 1 aromatic carbocycles. The van der Waals surface area contributed by atoms with Crippen LogP contribution in [0.5, 0.6) is 0 Å². The molecule has 0 saturated carbocycles. The molecule has 0 aliphatic carbocycles. The minimum absolute atomic E-state index is 0.343. The van der Waals surface area contributed by atoms with Gasteiger partial charge < -0.3 is 4.57 Å². The second-order valence-corrected chi connectivity index (χ2v) is 3.60. The van der Waals surface area contributed by atoms with Gasteiger partial charge in [-0.2, -0.15) is 0 Å². The average molecular weight is 229 g/mol. The Morgan fingerprint density at radius 2 is 2.21 bits per heavy atom. The van der Waals surface area contributed by atoms with E-state index >= 15 is 0 Å². The van der Waals surface area contributed by atoms with Crippen LogP contribution in [0.4, 0.5) is 4.39 Å². The van der Waals surface area contributed by atoms with Gasteiger partial charge in [0.15, 0.2) is 0 Å². The summed E-state index contributed by atoms with van der Waals surface area (Å²) in [5, 5.41) is 0.932. The Kier molecular flexibility index (Phi) is 2.48. The lowest BCUT2D eigenvalue weighted by molar-refractivity contribution is 0.627. The number of aromatic nitrogens is 2. The van der Waals surface area contributed by atoms with E-state index in [1.54, 1.807) is 23.2 Å². The van der Waals surface area contributed by atoms with Crippen molar-refractivity contribution in [2.75, 3.05) is 0 Å². The molecule has 0 N–H and O–H groups in total. The van der Waals surface area contributed by atoms with Gasteiger partial charge in [-0.15, -0.1) is 12.6 Å². The number of benzene rings is 1. The number of hydrogen-bond donors (Lipinski definition) is 1. The van der Waals surface area contributed by atoms with Crippen molar-refractivity contribution in [3.63, 3.8) is 0 Å². The Bertz CT molecular complexity index is 470. The molecule has 0 aliphatic heterocycles. The van der Waals surface area contributed by atoms with Crippen molar-refractivity contribution in [3.8, 4) is 5.69 Å². The highest BCUT2D eigenvalue weighted by molar-refractivity contribution is 7.80. The maximum Gasteiger partial charge on any atom is 0.124 e. The first-order valence-corrected chi connectivity index (χ1v) is 4.68. The Balaban J connectivity index is 2.52. The van der Waals surface area contributed by atoms with Crippen molar-refractivity contribution >= 4 is 24.2 Å². The topological polar surface area (TPSA) is 17.8 Å². The summed E-state index contributed by atoms with van der Waals surface area (Å²) < 4.78 is 14.4. The molecule has 72 valence electrons. The van der Waals surface area contributed by atoms with Crippen LogP contribution in [0.15, 0.2) is 35.7 Å². The third-order valence-electron chi connectivity index (χ3n) is 1.76. The molecule has 14 heavy (non-hydrogen) atoms. The van der Waals surface area contributed by atoms with E-state index < -0.39 is 0 Å². The molecule has 0 aliphatic rings. The first-order chi connectivity index (χ1) is 6.66. The zero-order chi connectivity index (χ0) is 10.1. The van der Waals surface area contributed by atoms with E-state index in [-0.39, 0.29) is 5.82 Å². The van der Waals surface area contributed by atoms with Gasteiger partial charge in [0.1, 0.15) is 17.2 Å². The van der Waals surface area contributed by atoms with Crippen LogP contribution in [0.25, 0.3) is 5.69 Å². The molecule has 0 amide bonds. The predicted octanol–water partition coefficient (Wildman–Crippen LogP) is 2.95. The van der Waals surface area contributed by atoms with Crippen molar-refractivity contribution in [1.29, 1.82) is 0 Å². The Hall–Kier alpha value is -1.00. The van der Waals surface area contributed by atoms with Crippen molar-refractivity contribution in [1.82, 2.24) is 9.55 Å². The normalized spacial score (nSPS) is 10.5. The van der Waals surface area contributed by atoms with Gasteiger partial charge in [-0.3, -0.25) is 0 Å². The van der Waals surface area contributed by atoms with Crippen LogP contribution in [0.3, 0.4) is 0 Å². The average Bonchev–Trinajstić information content (AvgIpc) is 2.51. The SMILES string of the molecule is Fc1ccc(-n2cnc(S)c2)c(Cl)c1. The maximum absolute atomic E-state index is 12.7. The maximum atomic E-state index is 12.7. The third-order valence-corrected chi connectivity index (χ3v) is 2.29. The highest BCUT2D eigenvalue weighted by atomic mass is 35.5. The van der Waals surface area contributed by atoms with E-state index in [1.807, 2.05) is 0 Å². The van der Waals surface area contributed by atoms with Crippen LogP contribution in [-0.4, -0.2) is 9.55 Å². The quantitative estimate of drug-likeness (QED) is 0.743. The first kappa shape index (κ1) is 9.55. The number of halogens is 2. The van der Waals surface area contributed by atoms with Crippen molar-refractivity contribution in [2.24, 2.45) is 0 Å². The highest BCUT2D eigenvalue weighted by Gasteiger charge is 2.04. The van der Waals surface area contributed by atoms with Gasteiger partial charge in [-0.05, 0) is 18.2 Å². The molecule has 0 atom stereocenters. The van der Waals surface area contributed by atoms with Crippen LogP contribution in [0, 0.1) is 5.82 Å². The first-order valence-electron chi connectivity index (χ1n) is 3.85. The molecule has 2 aromatic rings. The Morgan fingerprint density at radius 3 is 2.79 bits per heavy atom. The van der Waals surface area contributed by atoms with Crippen LogP contribution < -0.4 is 0 Å². The third kappa shape index (κ3) is 1.76. The fraction of sp³-hybridized carbons (Fsp3) is 0. The van der Waals surface area contributed by atoms with Crippen molar-refractivity contribution < 1.29 is 4.39 Å². The van der Waals surface area contributed by atoms with Crippen LogP contribution in [0.1, 0.15) is 0 Å². The van der Waals surface area contributed by atoms with Gasteiger partial charge in [-0.1, -0.05) is 11.6 Å². The molecule has 0 radical (unpaired) electrons. The smallest absolute Gasteiger partial charge is 0.124 e. The molecule has 0 spiro atoms. The molecular formula is C9H6ClFN2S. The second-order valence-electron chi connectivity index (χ2n) is 2.73. The monoisotopic (exact) mass is 228 g/mol. The summed E-state index contributed by atoms with van der Waals surface area (Å²) in [6, 6.07) is 4.20. The zero-order valence-electron chi connectivity index (χ0n) is 6.98. The molecule has 1 aromatic heterocycles. The minimum atomic E-state index is -0.357. The second kappa shape index (κ2) is 3.63. The summed E-state index contributed by atoms with van der Waals surface area (Å²) >= 11 is 9.92. The summed E-state index contributed by atoms with van der Waals surface area (Å²) in [6.07, 6.45) is 3.27. The fourth-order valence-electron chi connectivity index (χ4n) is 1.13. The van der Waals surface area contributed by atoms with Crippen LogP contribution >= 0.6 is 24.2 Å². The summed E-state index contributed by atoms with van der Waals surface area (Å²) in [6.45, 7) is 0. The van der Waals surface area contributed by atoms with E-state index in [9.17, 15) is 4.39 Å².